The van der Waals surface area contributed by atoms with Crippen molar-refractivity contribution in [3.05, 3.63) is 24.2 Å². The maximum atomic E-state index is 10.3. The van der Waals surface area contributed by atoms with Gasteiger partial charge in [-0.1, -0.05) is 0 Å². The van der Waals surface area contributed by atoms with Crippen molar-refractivity contribution in [2.75, 3.05) is 6.54 Å². The molecule has 1 aromatic rings. The molecule has 0 aliphatic rings. The van der Waals surface area contributed by atoms with Crippen molar-refractivity contribution in [3.8, 4) is 0 Å². The molecule has 4 nitrogen and oxygen atoms in total. The van der Waals surface area contributed by atoms with Gasteiger partial charge in [0.05, 0.1) is 6.26 Å². The molecule has 0 aliphatic carbocycles. The van der Waals surface area contributed by atoms with Crippen LogP contribution in [0.25, 0.3) is 0 Å². The Kier molecular flexibility index (Phi) is 5.64. The highest BCUT2D eigenvalue weighted by Gasteiger charge is 2.04. The molecule has 0 saturated carbocycles. The van der Waals surface area contributed by atoms with Crippen molar-refractivity contribution in [1.29, 1.82) is 0 Å². The van der Waals surface area contributed by atoms with Gasteiger partial charge in [-0.3, -0.25) is 4.79 Å². The summed E-state index contributed by atoms with van der Waals surface area (Å²) in [7, 11) is 0. The van der Waals surface area contributed by atoms with Crippen molar-refractivity contribution >= 4 is 5.97 Å². The molecule has 0 bridgehead atoms. The van der Waals surface area contributed by atoms with Crippen molar-refractivity contribution in [2.24, 2.45) is 0 Å². The fourth-order valence-electron chi connectivity index (χ4n) is 1.55. The van der Waals surface area contributed by atoms with Crippen LogP contribution in [-0.4, -0.2) is 23.7 Å². The van der Waals surface area contributed by atoms with E-state index in [-0.39, 0.29) is 6.42 Å². The lowest BCUT2D eigenvalue weighted by Crippen LogP contribution is -2.28. The summed E-state index contributed by atoms with van der Waals surface area (Å²) in [6.07, 6.45) is 4.43. The van der Waals surface area contributed by atoms with Gasteiger partial charge in [0.25, 0.3) is 0 Å². The van der Waals surface area contributed by atoms with Crippen LogP contribution in [0.5, 0.6) is 0 Å². The predicted octanol–water partition coefficient (Wildman–Crippen LogP) is 2.06. The number of carboxylic acid groups (broad SMARTS) is 1. The minimum absolute atomic E-state index is 0.258. The summed E-state index contributed by atoms with van der Waals surface area (Å²) >= 11 is 0. The summed E-state index contributed by atoms with van der Waals surface area (Å²) in [5, 5.41) is 11.8. The van der Waals surface area contributed by atoms with E-state index < -0.39 is 5.97 Å². The number of hydrogen-bond donors (Lipinski definition) is 2. The lowest BCUT2D eigenvalue weighted by molar-refractivity contribution is -0.137. The first-order valence-electron chi connectivity index (χ1n) is 5.66. The van der Waals surface area contributed by atoms with E-state index in [9.17, 15) is 4.79 Å². The Hall–Kier alpha value is -1.29. The molecule has 0 radical (unpaired) electrons. The molecule has 0 aliphatic heterocycles. The maximum Gasteiger partial charge on any atom is 0.303 e. The Morgan fingerprint density at radius 2 is 2.38 bits per heavy atom. The standard InChI is InChI=1S/C12H19NO3/c1-10(9-11-5-4-8-16-11)13-7-3-2-6-12(14)15/h4-5,8,10,13H,2-3,6-7,9H2,1H3,(H,14,15). The molecule has 4 heteroatoms. The maximum absolute atomic E-state index is 10.3. The van der Waals surface area contributed by atoms with Crippen LogP contribution in [0.15, 0.2) is 22.8 Å². The first kappa shape index (κ1) is 12.8. The average molecular weight is 225 g/mol. The zero-order chi connectivity index (χ0) is 11.8. The van der Waals surface area contributed by atoms with Gasteiger partial charge in [-0.05, 0) is 38.4 Å². The quantitative estimate of drug-likeness (QED) is 0.665. The van der Waals surface area contributed by atoms with E-state index in [1.54, 1.807) is 6.26 Å². The van der Waals surface area contributed by atoms with Crippen molar-refractivity contribution < 1.29 is 14.3 Å². The summed E-state index contributed by atoms with van der Waals surface area (Å²) in [6, 6.07) is 4.20. The molecule has 16 heavy (non-hydrogen) atoms. The highest BCUT2D eigenvalue weighted by atomic mass is 16.4. The molecule has 1 heterocycles. The fraction of sp³-hybridized carbons (Fsp3) is 0.583. The number of hydrogen-bond acceptors (Lipinski definition) is 3. The van der Waals surface area contributed by atoms with Crippen LogP contribution in [0.3, 0.4) is 0 Å². The van der Waals surface area contributed by atoms with Gasteiger partial charge in [-0.15, -0.1) is 0 Å². The van der Waals surface area contributed by atoms with Gasteiger partial charge in [0.2, 0.25) is 0 Å². The summed E-state index contributed by atoms with van der Waals surface area (Å²) in [5.41, 5.74) is 0. The van der Waals surface area contributed by atoms with Gasteiger partial charge in [0.15, 0.2) is 0 Å². The molecule has 1 unspecified atom stereocenters. The summed E-state index contributed by atoms with van der Waals surface area (Å²) in [4.78, 5) is 10.3. The molecule has 0 amide bonds. The normalized spacial score (nSPS) is 12.6. The Balaban J connectivity index is 2.02. The minimum atomic E-state index is -0.719. The third kappa shape index (κ3) is 5.56. The van der Waals surface area contributed by atoms with Crippen LogP contribution in [0.1, 0.15) is 31.9 Å². The lowest BCUT2D eigenvalue weighted by Gasteiger charge is -2.11. The molecular weight excluding hydrogens is 206 g/mol. The highest BCUT2D eigenvalue weighted by Crippen LogP contribution is 2.04. The Labute approximate surface area is 95.7 Å². The second-order valence-corrected chi connectivity index (χ2v) is 3.99. The second-order valence-electron chi connectivity index (χ2n) is 3.99. The van der Waals surface area contributed by atoms with Crippen LogP contribution >= 0.6 is 0 Å². The van der Waals surface area contributed by atoms with E-state index in [2.05, 4.69) is 12.2 Å². The highest BCUT2D eigenvalue weighted by molar-refractivity contribution is 5.66. The van der Waals surface area contributed by atoms with Crippen LogP contribution in [-0.2, 0) is 11.2 Å². The van der Waals surface area contributed by atoms with Crippen LogP contribution in [0.2, 0.25) is 0 Å². The van der Waals surface area contributed by atoms with E-state index in [0.29, 0.717) is 6.04 Å². The number of carbonyl (C=O) groups is 1. The number of carboxylic acids is 1. The topological polar surface area (TPSA) is 62.5 Å². The Morgan fingerprint density at radius 3 is 3.00 bits per heavy atom. The van der Waals surface area contributed by atoms with Gasteiger partial charge < -0.3 is 14.8 Å². The number of aliphatic carboxylic acids is 1. The number of furan rings is 1. The molecule has 2 N–H and O–H groups in total. The molecule has 0 saturated heterocycles. The summed E-state index contributed by atoms with van der Waals surface area (Å²) in [6.45, 7) is 2.95. The zero-order valence-electron chi connectivity index (χ0n) is 9.61. The Bertz CT molecular complexity index is 295. The van der Waals surface area contributed by atoms with E-state index in [1.807, 2.05) is 12.1 Å². The van der Waals surface area contributed by atoms with E-state index >= 15 is 0 Å². The molecule has 0 spiro atoms. The third-order valence-electron chi connectivity index (χ3n) is 2.40. The molecular formula is C12H19NO3. The summed E-state index contributed by atoms with van der Waals surface area (Å²) in [5.74, 6) is 0.258. The lowest BCUT2D eigenvalue weighted by atomic mass is 10.2. The third-order valence-corrected chi connectivity index (χ3v) is 2.40. The minimum Gasteiger partial charge on any atom is -0.481 e. The summed E-state index contributed by atoms with van der Waals surface area (Å²) < 4.78 is 5.25. The SMILES string of the molecule is CC(Cc1ccco1)NCCCCC(=O)O. The van der Waals surface area contributed by atoms with Gasteiger partial charge in [-0.25, -0.2) is 0 Å². The first-order valence-corrected chi connectivity index (χ1v) is 5.66. The fourth-order valence-corrected chi connectivity index (χ4v) is 1.55. The monoisotopic (exact) mass is 225 g/mol. The smallest absolute Gasteiger partial charge is 0.303 e. The largest absolute Gasteiger partial charge is 0.481 e. The van der Waals surface area contributed by atoms with Crippen LogP contribution in [0, 0.1) is 0 Å². The molecule has 1 rings (SSSR count). The Morgan fingerprint density at radius 1 is 1.56 bits per heavy atom. The van der Waals surface area contributed by atoms with Crippen molar-refractivity contribution in [3.63, 3.8) is 0 Å². The molecule has 1 aromatic heterocycles. The van der Waals surface area contributed by atoms with E-state index in [4.69, 9.17) is 9.52 Å². The molecule has 0 fully saturated rings. The van der Waals surface area contributed by atoms with Crippen LogP contribution < -0.4 is 5.32 Å². The average Bonchev–Trinajstić information content (AvgIpc) is 2.69. The first-order chi connectivity index (χ1) is 7.68. The van der Waals surface area contributed by atoms with E-state index in [1.165, 1.54) is 0 Å². The van der Waals surface area contributed by atoms with Gasteiger partial charge in [0.1, 0.15) is 5.76 Å². The predicted molar refractivity (Wildman–Crippen MR) is 61.4 cm³/mol. The molecule has 1 atom stereocenters. The number of unbranched alkanes of at least 4 members (excludes halogenated alkanes) is 1. The van der Waals surface area contributed by atoms with Crippen molar-refractivity contribution in [1.82, 2.24) is 5.32 Å². The molecule has 90 valence electrons. The zero-order valence-corrected chi connectivity index (χ0v) is 9.61. The second kappa shape index (κ2) is 7.06. The molecule has 0 aromatic carbocycles. The number of rotatable bonds is 8. The number of nitrogens with one attached hydrogen (secondary N) is 1. The van der Waals surface area contributed by atoms with Gasteiger partial charge >= 0.3 is 5.97 Å². The van der Waals surface area contributed by atoms with E-state index in [0.717, 1.165) is 31.6 Å². The van der Waals surface area contributed by atoms with Gasteiger partial charge in [-0.2, -0.15) is 0 Å². The van der Waals surface area contributed by atoms with Crippen LogP contribution in [0.4, 0.5) is 0 Å². The van der Waals surface area contributed by atoms with Crippen molar-refractivity contribution in [2.45, 2.75) is 38.6 Å². The van der Waals surface area contributed by atoms with Gasteiger partial charge in [0, 0.05) is 18.9 Å².